The number of carbonyl (C=O) groups is 1. The highest BCUT2D eigenvalue weighted by molar-refractivity contribution is 7.14. The van der Waals surface area contributed by atoms with Crippen molar-refractivity contribution in [1.82, 2.24) is 4.90 Å². The molecule has 1 aromatic rings. The first kappa shape index (κ1) is 12.6. The molecule has 0 N–H and O–H groups in total. The summed E-state index contributed by atoms with van der Waals surface area (Å²) in [6.07, 6.45) is 6.09. The van der Waals surface area contributed by atoms with Crippen LogP contribution in [-0.4, -0.2) is 24.4 Å². The number of amides is 1. The molecular weight excluding hydrogens is 230 g/mol. The van der Waals surface area contributed by atoms with Crippen molar-refractivity contribution in [2.75, 3.05) is 13.6 Å². The zero-order valence-corrected chi connectivity index (χ0v) is 11.8. The summed E-state index contributed by atoms with van der Waals surface area (Å²) in [4.78, 5) is 16.4. The average molecular weight is 251 g/mol. The van der Waals surface area contributed by atoms with Crippen LogP contribution in [0.2, 0.25) is 0 Å². The number of rotatable bonds is 0. The van der Waals surface area contributed by atoms with E-state index >= 15 is 0 Å². The molecule has 0 fully saturated rings. The fraction of sp³-hybridized carbons (Fsp3) is 0.643. The predicted octanol–water partition coefficient (Wildman–Crippen LogP) is 3.28. The Labute approximate surface area is 108 Å². The highest BCUT2D eigenvalue weighted by Crippen LogP contribution is 2.37. The molecule has 17 heavy (non-hydrogen) atoms. The first-order valence-corrected chi connectivity index (χ1v) is 7.48. The van der Waals surface area contributed by atoms with Crippen molar-refractivity contribution in [3.05, 3.63) is 20.9 Å². The van der Waals surface area contributed by atoms with Crippen LogP contribution in [0.4, 0.5) is 0 Å². The van der Waals surface area contributed by atoms with E-state index in [1.807, 2.05) is 25.8 Å². The van der Waals surface area contributed by atoms with Gasteiger partial charge >= 0.3 is 0 Å². The zero-order chi connectivity index (χ0) is 12.4. The van der Waals surface area contributed by atoms with Gasteiger partial charge in [-0.15, -0.1) is 11.3 Å². The quantitative estimate of drug-likeness (QED) is 0.693. The van der Waals surface area contributed by atoms with Crippen LogP contribution in [0.5, 0.6) is 0 Å². The van der Waals surface area contributed by atoms with Crippen LogP contribution in [0.1, 0.15) is 52.4 Å². The number of fused-ring (bicyclic) bond motifs is 3. The lowest BCUT2D eigenvalue weighted by atomic mass is 9.92. The van der Waals surface area contributed by atoms with Gasteiger partial charge in [-0.25, -0.2) is 0 Å². The van der Waals surface area contributed by atoms with Gasteiger partial charge in [0.05, 0.1) is 4.88 Å². The van der Waals surface area contributed by atoms with Gasteiger partial charge in [0.25, 0.3) is 5.91 Å². The third kappa shape index (κ3) is 2.13. The Kier molecular flexibility index (Phi) is 3.87. The van der Waals surface area contributed by atoms with Crippen molar-refractivity contribution in [3.8, 4) is 0 Å². The second-order valence-electron chi connectivity index (χ2n) is 4.50. The van der Waals surface area contributed by atoms with E-state index in [4.69, 9.17) is 0 Å². The van der Waals surface area contributed by atoms with E-state index in [0.29, 0.717) is 0 Å². The number of thiophene rings is 1. The maximum atomic E-state index is 12.0. The number of hydrogen-bond donors (Lipinski definition) is 0. The molecule has 0 radical (unpaired) electrons. The highest BCUT2D eigenvalue weighted by atomic mass is 32.1. The lowest BCUT2D eigenvalue weighted by molar-refractivity contribution is 0.0786. The standard InChI is InChI=1S/C12H15NOS.C2H6/c1-13-7-6-9-8-4-2-3-5-10(8)15-11(9)12(13)14;1-2/h2-7H2,1H3;1-2H3. The molecule has 0 bridgehead atoms. The Morgan fingerprint density at radius 2 is 1.76 bits per heavy atom. The van der Waals surface area contributed by atoms with Crippen molar-refractivity contribution in [1.29, 1.82) is 0 Å². The van der Waals surface area contributed by atoms with Gasteiger partial charge in [-0.1, -0.05) is 13.8 Å². The summed E-state index contributed by atoms with van der Waals surface area (Å²) in [6, 6.07) is 0. The van der Waals surface area contributed by atoms with Crippen LogP contribution in [-0.2, 0) is 19.3 Å². The Morgan fingerprint density at radius 3 is 2.53 bits per heavy atom. The van der Waals surface area contributed by atoms with E-state index < -0.39 is 0 Å². The lowest BCUT2D eigenvalue weighted by Gasteiger charge is -2.23. The maximum Gasteiger partial charge on any atom is 0.263 e. The summed E-state index contributed by atoms with van der Waals surface area (Å²) in [5, 5.41) is 0. The minimum atomic E-state index is 0.246. The van der Waals surface area contributed by atoms with E-state index in [0.717, 1.165) is 17.8 Å². The number of aryl methyl sites for hydroxylation is 1. The summed E-state index contributed by atoms with van der Waals surface area (Å²) >= 11 is 1.76. The minimum absolute atomic E-state index is 0.246. The molecule has 2 aliphatic rings. The van der Waals surface area contributed by atoms with Gasteiger partial charge in [0.1, 0.15) is 0 Å². The zero-order valence-electron chi connectivity index (χ0n) is 11.0. The van der Waals surface area contributed by atoms with Gasteiger partial charge < -0.3 is 4.90 Å². The van der Waals surface area contributed by atoms with E-state index in [-0.39, 0.29) is 5.91 Å². The average Bonchev–Trinajstić information content (AvgIpc) is 2.76. The summed E-state index contributed by atoms with van der Waals surface area (Å²) in [7, 11) is 1.91. The second kappa shape index (κ2) is 5.21. The molecule has 3 heteroatoms. The van der Waals surface area contributed by atoms with Gasteiger partial charge in [0.15, 0.2) is 0 Å². The minimum Gasteiger partial charge on any atom is -0.341 e. The molecule has 2 nitrogen and oxygen atoms in total. The molecule has 1 aliphatic heterocycles. The van der Waals surface area contributed by atoms with E-state index in [1.165, 1.54) is 41.7 Å². The molecule has 1 aromatic heterocycles. The van der Waals surface area contributed by atoms with E-state index in [9.17, 15) is 4.79 Å². The smallest absolute Gasteiger partial charge is 0.263 e. The Balaban J connectivity index is 0.000000514. The SMILES string of the molecule is CC.CN1CCc2c(sc3c2CCCC3)C1=O. The molecule has 1 amide bonds. The number of carbonyl (C=O) groups excluding carboxylic acids is 1. The summed E-state index contributed by atoms with van der Waals surface area (Å²) in [6.45, 7) is 4.90. The monoisotopic (exact) mass is 251 g/mol. The summed E-state index contributed by atoms with van der Waals surface area (Å²) < 4.78 is 0. The van der Waals surface area contributed by atoms with Crippen LogP contribution in [0.3, 0.4) is 0 Å². The molecule has 0 spiro atoms. The van der Waals surface area contributed by atoms with Crippen molar-refractivity contribution < 1.29 is 4.79 Å². The Morgan fingerprint density at radius 1 is 1.06 bits per heavy atom. The largest absolute Gasteiger partial charge is 0.341 e. The second-order valence-corrected chi connectivity index (χ2v) is 5.60. The topological polar surface area (TPSA) is 20.3 Å². The Hall–Kier alpha value is -0.830. The summed E-state index contributed by atoms with van der Waals surface area (Å²) in [5.74, 6) is 0.246. The lowest BCUT2D eigenvalue weighted by Crippen LogP contribution is -2.33. The van der Waals surface area contributed by atoms with E-state index in [2.05, 4.69) is 0 Å². The molecule has 0 unspecified atom stereocenters. The van der Waals surface area contributed by atoms with Gasteiger partial charge in [0, 0.05) is 18.5 Å². The molecule has 0 saturated carbocycles. The van der Waals surface area contributed by atoms with Crippen LogP contribution in [0, 0.1) is 0 Å². The predicted molar refractivity (Wildman–Crippen MR) is 73.0 cm³/mol. The first-order valence-electron chi connectivity index (χ1n) is 6.66. The number of hydrogen-bond acceptors (Lipinski definition) is 2. The first-order chi connectivity index (χ1) is 8.27. The van der Waals surface area contributed by atoms with Gasteiger partial charge in [0.2, 0.25) is 0 Å². The van der Waals surface area contributed by atoms with Crippen molar-refractivity contribution in [2.45, 2.75) is 46.0 Å². The Bertz CT molecular complexity index is 422. The molecule has 3 rings (SSSR count). The molecule has 0 aromatic carbocycles. The van der Waals surface area contributed by atoms with Crippen LogP contribution in [0.25, 0.3) is 0 Å². The van der Waals surface area contributed by atoms with Gasteiger partial charge in [-0.2, -0.15) is 0 Å². The maximum absolute atomic E-state index is 12.0. The fourth-order valence-corrected chi connectivity index (χ4v) is 4.06. The van der Waals surface area contributed by atoms with Gasteiger partial charge in [-0.3, -0.25) is 4.79 Å². The number of nitrogens with zero attached hydrogens (tertiary/aromatic N) is 1. The highest BCUT2D eigenvalue weighted by Gasteiger charge is 2.29. The fourth-order valence-electron chi connectivity index (χ4n) is 2.62. The molecule has 0 atom stereocenters. The van der Waals surface area contributed by atoms with Crippen LogP contribution in [0.15, 0.2) is 0 Å². The third-order valence-electron chi connectivity index (χ3n) is 3.52. The van der Waals surface area contributed by atoms with Gasteiger partial charge in [-0.05, 0) is 43.2 Å². The van der Waals surface area contributed by atoms with Crippen molar-refractivity contribution in [2.24, 2.45) is 0 Å². The normalized spacial score (nSPS) is 18.1. The number of likely N-dealkylation sites (N-methyl/N-ethyl adjacent to an activating group) is 1. The molecule has 1 aliphatic carbocycles. The van der Waals surface area contributed by atoms with Crippen molar-refractivity contribution in [3.63, 3.8) is 0 Å². The molecular formula is C14H21NOS. The third-order valence-corrected chi connectivity index (χ3v) is 4.84. The molecule has 0 saturated heterocycles. The van der Waals surface area contributed by atoms with E-state index in [1.54, 1.807) is 11.3 Å². The molecule has 2 heterocycles. The summed E-state index contributed by atoms with van der Waals surface area (Å²) in [5.41, 5.74) is 2.92. The van der Waals surface area contributed by atoms with Crippen LogP contribution < -0.4 is 0 Å². The van der Waals surface area contributed by atoms with Crippen molar-refractivity contribution >= 4 is 17.2 Å². The molecule has 94 valence electrons. The van der Waals surface area contributed by atoms with Crippen LogP contribution >= 0.6 is 11.3 Å².